The zero-order valence-electron chi connectivity index (χ0n) is 8.73. The van der Waals surface area contributed by atoms with E-state index in [-0.39, 0.29) is 5.88 Å². The van der Waals surface area contributed by atoms with E-state index in [0.29, 0.717) is 5.69 Å². The van der Waals surface area contributed by atoms with Crippen LogP contribution in [0, 0.1) is 6.92 Å². The van der Waals surface area contributed by atoms with E-state index in [9.17, 15) is 5.11 Å². The molecule has 1 aromatic heterocycles. The molecule has 2 rings (SSSR count). The number of nitrogens with one attached hydrogen (secondary N) is 1. The number of aryl methyl sites for hydroxylation is 1. The summed E-state index contributed by atoms with van der Waals surface area (Å²) in [5, 5.41) is 17.1. The number of aromatic hydroxyl groups is 1. The van der Waals surface area contributed by atoms with E-state index in [1.165, 1.54) is 4.68 Å². The van der Waals surface area contributed by atoms with Crippen LogP contribution >= 0.6 is 0 Å². The predicted molar refractivity (Wildman–Crippen MR) is 59.5 cm³/mol. The largest absolute Gasteiger partial charge is 0.492 e. The van der Waals surface area contributed by atoms with Gasteiger partial charge in [-0.1, -0.05) is 18.2 Å². The summed E-state index contributed by atoms with van der Waals surface area (Å²) in [6.07, 6.45) is 0. The molecule has 0 saturated carbocycles. The van der Waals surface area contributed by atoms with Crippen LogP contribution in [0.25, 0.3) is 5.69 Å². The molecule has 4 heteroatoms. The highest BCUT2D eigenvalue weighted by molar-refractivity contribution is 5.58. The highest BCUT2D eigenvalue weighted by atomic mass is 16.3. The van der Waals surface area contributed by atoms with Crippen molar-refractivity contribution < 1.29 is 5.11 Å². The topological polar surface area (TPSA) is 50.1 Å². The zero-order chi connectivity index (χ0) is 10.8. The minimum atomic E-state index is 0.140. The molecule has 2 N–H and O–H groups in total. The third kappa shape index (κ3) is 1.54. The second kappa shape index (κ2) is 3.65. The monoisotopic (exact) mass is 203 g/mol. The lowest BCUT2D eigenvalue weighted by Crippen LogP contribution is -1.95. The number of nitrogens with zero attached hydrogens (tertiary/aromatic N) is 2. The maximum atomic E-state index is 9.90. The summed E-state index contributed by atoms with van der Waals surface area (Å²) in [7, 11) is 1.76. The van der Waals surface area contributed by atoms with Crippen LogP contribution in [0.5, 0.6) is 5.88 Å². The van der Waals surface area contributed by atoms with Crippen molar-refractivity contribution in [2.75, 3.05) is 12.4 Å². The van der Waals surface area contributed by atoms with Crippen LogP contribution in [-0.4, -0.2) is 21.9 Å². The molecule has 0 fully saturated rings. The van der Waals surface area contributed by atoms with Crippen LogP contribution < -0.4 is 5.32 Å². The number of rotatable bonds is 2. The van der Waals surface area contributed by atoms with Gasteiger partial charge in [-0.3, -0.25) is 0 Å². The van der Waals surface area contributed by atoms with Crippen molar-refractivity contribution in [3.63, 3.8) is 0 Å². The van der Waals surface area contributed by atoms with E-state index >= 15 is 0 Å². The first kappa shape index (κ1) is 9.58. The van der Waals surface area contributed by atoms with Crippen molar-refractivity contribution in [2.45, 2.75) is 6.92 Å². The number of anilines is 1. The Kier molecular flexibility index (Phi) is 2.33. The molecule has 2 aromatic rings. The quantitative estimate of drug-likeness (QED) is 0.784. The van der Waals surface area contributed by atoms with Crippen molar-refractivity contribution in [1.29, 1.82) is 0 Å². The van der Waals surface area contributed by atoms with Gasteiger partial charge in [-0.05, 0) is 19.1 Å². The van der Waals surface area contributed by atoms with Gasteiger partial charge < -0.3 is 10.4 Å². The van der Waals surface area contributed by atoms with Gasteiger partial charge >= 0.3 is 0 Å². The zero-order valence-corrected chi connectivity index (χ0v) is 8.73. The van der Waals surface area contributed by atoms with Crippen LogP contribution in [0.3, 0.4) is 0 Å². The average Bonchev–Trinajstić information content (AvgIpc) is 2.55. The molecule has 0 aliphatic carbocycles. The Morgan fingerprint density at radius 3 is 2.47 bits per heavy atom. The van der Waals surface area contributed by atoms with Crippen molar-refractivity contribution in [3.8, 4) is 11.6 Å². The third-order valence-corrected chi connectivity index (χ3v) is 2.29. The molecule has 0 unspecified atom stereocenters. The van der Waals surface area contributed by atoms with Gasteiger partial charge in [0, 0.05) is 7.05 Å². The van der Waals surface area contributed by atoms with E-state index in [0.717, 1.165) is 11.4 Å². The SMILES string of the molecule is CNc1c(C)nn(-c2ccccc2)c1O. The molecule has 0 atom stereocenters. The number of hydrogen-bond donors (Lipinski definition) is 2. The van der Waals surface area contributed by atoms with Crippen LogP contribution in [0.1, 0.15) is 5.69 Å². The van der Waals surface area contributed by atoms with Gasteiger partial charge in [0.05, 0.1) is 11.4 Å². The number of benzene rings is 1. The fourth-order valence-electron chi connectivity index (χ4n) is 1.56. The Morgan fingerprint density at radius 1 is 1.27 bits per heavy atom. The van der Waals surface area contributed by atoms with Crippen LogP contribution in [-0.2, 0) is 0 Å². The minimum absolute atomic E-state index is 0.140. The van der Waals surface area contributed by atoms with E-state index in [2.05, 4.69) is 10.4 Å². The molecule has 1 aromatic carbocycles. The Labute approximate surface area is 88.2 Å². The Bertz CT molecular complexity index is 462. The standard InChI is InChI=1S/C11H13N3O/c1-8-10(12-2)11(15)14(13-8)9-6-4-3-5-7-9/h3-7,12,15H,1-2H3. The van der Waals surface area contributed by atoms with Crippen molar-refractivity contribution in [2.24, 2.45) is 0 Å². The molecular weight excluding hydrogens is 190 g/mol. The number of aromatic nitrogens is 2. The Hall–Kier alpha value is -1.97. The van der Waals surface area contributed by atoms with E-state index in [1.807, 2.05) is 37.3 Å². The second-order valence-electron chi connectivity index (χ2n) is 3.28. The molecular formula is C11H13N3O. The van der Waals surface area contributed by atoms with Crippen LogP contribution in [0.4, 0.5) is 5.69 Å². The molecule has 0 amide bonds. The van der Waals surface area contributed by atoms with Gasteiger partial charge in [-0.25, -0.2) is 0 Å². The van der Waals surface area contributed by atoms with Crippen molar-refractivity contribution in [1.82, 2.24) is 9.78 Å². The molecule has 0 saturated heterocycles. The second-order valence-corrected chi connectivity index (χ2v) is 3.28. The van der Waals surface area contributed by atoms with E-state index in [1.54, 1.807) is 7.05 Å². The van der Waals surface area contributed by atoms with Crippen LogP contribution in [0.15, 0.2) is 30.3 Å². The fourth-order valence-corrected chi connectivity index (χ4v) is 1.56. The molecule has 4 nitrogen and oxygen atoms in total. The summed E-state index contributed by atoms with van der Waals surface area (Å²) in [6, 6.07) is 9.53. The maximum absolute atomic E-state index is 9.90. The molecule has 78 valence electrons. The first-order valence-electron chi connectivity index (χ1n) is 4.76. The van der Waals surface area contributed by atoms with Crippen molar-refractivity contribution >= 4 is 5.69 Å². The summed E-state index contributed by atoms with van der Waals surface area (Å²) < 4.78 is 1.52. The highest BCUT2D eigenvalue weighted by Gasteiger charge is 2.13. The number of hydrogen-bond acceptors (Lipinski definition) is 3. The first-order chi connectivity index (χ1) is 7.24. The van der Waals surface area contributed by atoms with Crippen LogP contribution in [0.2, 0.25) is 0 Å². The lowest BCUT2D eigenvalue weighted by molar-refractivity contribution is 0.435. The van der Waals surface area contributed by atoms with E-state index in [4.69, 9.17) is 0 Å². The summed E-state index contributed by atoms with van der Waals surface area (Å²) in [6.45, 7) is 1.85. The van der Waals surface area contributed by atoms with Gasteiger partial charge in [-0.15, -0.1) is 0 Å². The summed E-state index contributed by atoms with van der Waals surface area (Å²) in [5.41, 5.74) is 2.29. The molecule has 0 aliphatic rings. The number of para-hydroxylation sites is 1. The maximum Gasteiger partial charge on any atom is 0.238 e. The molecule has 0 bridgehead atoms. The molecule has 0 radical (unpaired) electrons. The Morgan fingerprint density at radius 2 is 1.93 bits per heavy atom. The third-order valence-electron chi connectivity index (χ3n) is 2.29. The molecule has 0 aliphatic heterocycles. The normalized spacial score (nSPS) is 10.3. The summed E-state index contributed by atoms with van der Waals surface area (Å²) in [5.74, 6) is 0.140. The predicted octanol–water partition coefficient (Wildman–Crippen LogP) is 1.93. The average molecular weight is 203 g/mol. The fraction of sp³-hybridized carbons (Fsp3) is 0.182. The lowest BCUT2D eigenvalue weighted by Gasteiger charge is -2.02. The lowest BCUT2D eigenvalue weighted by atomic mass is 10.3. The van der Waals surface area contributed by atoms with E-state index < -0.39 is 0 Å². The first-order valence-corrected chi connectivity index (χ1v) is 4.76. The van der Waals surface area contributed by atoms with Gasteiger partial charge in [0.25, 0.3) is 0 Å². The minimum Gasteiger partial charge on any atom is -0.492 e. The summed E-state index contributed by atoms with van der Waals surface area (Å²) >= 11 is 0. The van der Waals surface area contributed by atoms with Gasteiger partial charge in [-0.2, -0.15) is 9.78 Å². The van der Waals surface area contributed by atoms with Gasteiger partial charge in [0.2, 0.25) is 5.88 Å². The molecule has 15 heavy (non-hydrogen) atoms. The van der Waals surface area contributed by atoms with Gasteiger partial charge in [0.15, 0.2) is 0 Å². The molecule has 1 heterocycles. The smallest absolute Gasteiger partial charge is 0.238 e. The van der Waals surface area contributed by atoms with Crippen molar-refractivity contribution in [3.05, 3.63) is 36.0 Å². The van der Waals surface area contributed by atoms with Gasteiger partial charge in [0.1, 0.15) is 5.69 Å². The highest BCUT2D eigenvalue weighted by Crippen LogP contribution is 2.28. The molecule has 0 spiro atoms. The Balaban J connectivity index is 2.55. The summed E-state index contributed by atoms with van der Waals surface area (Å²) in [4.78, 5) is 0.